The van der Waals surface area contributed by atoms with Crippen molar-refractivity contribution in [3.8, 4) is 11.5 Å². The Bertz CT molecular complexity index is 679. The van der Waals surface area contributed by atoms with Crippen LogP contribution >= 0.6 is 0 Å². The van der Waals surface area contributed by atoms with Gasteiger partial charge in [0.1, 0.15) is 0 Å². The van der Waals surface area contributed by atoms with Gasteiger partial charge in [0.05, 0.1) is 20.1 Å². The van der Waals surface area contributed by atoms with Crippen molar-refractivity contribution in [3.05, 3.63) is 23.8 Å². The van der Waals surface area contributed by atoms with Crippen LogP contribution in [0.15, 0.2) is 18.2 Å². The average molecular weight is 388 g/mol. The first-order chi connectivity index (χ1) is 12.8. The van der Waals surface area contributed by atoms with E-state index >= 15 is 0 Å². The second kappa shape index (κ2) is 8.96. The Morgan fingerprint density at radius 2 is 1.93 bits per heavy atom. The summed E-state index contributed by atoms with van der Waals surface area (Å²) in [5, 5.41) is 2.73. The highest BCUT2D eigenvalue weighted by atomic mass is 19.4. The monoisotopic (exact) mass is 388 g/mol. The highest BCUT2D eigenvalue weighted by molar-refractivity contribution is 5.84. The minimum absolute atomic E-state index is 0.0216. The number of hydrogen-bond acceptors (Lipinski definition) is 4. The normalized spacial score (nSPS) is 17.4. The summed E-state index contributed by atoms with van der Waals surface area (Å²) in [6.45, 7) is 0.145. The summed E-state index contributed by atoms with van der Waals surface area (Å²) in [7, 11) is 3.06. The highest BCUT2D eigenvalue weighted by Crippen LogP contribution is 2.27. The number of alkyl halides is 3. The molecule has 2 rings (SSSR count). The van der Waals surface area contributed by atoms with Crippen LogP contribution in [0.4, 0.5) is 13.2 Å². The molecule has 9 heteroatoms. The van der Waals surface area contributed by atoms with Crippen molar-refractivity contribution in [1.29, 1.82) is 0 Å². The molecular weight excluding hydrogens is 365 g/mol. The topological polar surface area (TPSA) is 67.9 Å². The van der Waals surface area contributed by atoms with E-state index in [0.29, 0.717) is 42.2 Å². The SMILES string of the molecule is COc1ccc(CCNC(=O)C2CCCN(C(=O)C(F)(F)F)C2)cc1OC. The molecular formula is C18H23F3N2O4. The van der Waals surface area contributed by atoms with Crippen LogP contribution in [0.5, 0.6) is 11.5 Å². The lowest BCUT2D eigenvalue weighted by Gasteiger charge is -2.32. The first-order valence-electron chi connectivity index (χ1n) is 8.61. The lowest BCUT2D eigenvalue weighted by atomic mass is 9.97. The standard InChI is InChI=1S/C18H23F3N2O4/c1-26-14-6-5-12(10-15(14)27-2)7-8-22-16(24)13-4-3-9-23(11-13)17(25)18(19,20)21/h5-6,10,13H,3-4,7-9,11H2,1-2H3,(H,22,24). The lowest BCUT2D eigenvalue weighted by molar-refractivity contribution is -0.187. The van der Waals surface area contributed by atoms with E-state index in [9.17, 15) is 22.8 Å². The Labute approximate surface area is 155 Å². The number of likely N-dealkylation sites (tertiary alicyclic amines) is 1. The van der Waals surface area contributed by atoms with Crippen molar-refractivity contribution >= 4 is 11.8 Å². The maximum absolute atomic E-state index is 12.6. The molecule has 1 aromatic rings. The Kier molecular flexibility index (Phi) is 6.92. The molecule has 1 fully saturated rings. The van der Waals surface area contributed by atoms with Crippen molar-refractivity contribution in [3.63, 3.8) is 0 Å². The number of amides is 2. The summed E-state index contributed by atoms with van der Waals surface area (Å²) >= 11 is 0. The molecule has 0 saturated carbocycles. The summed E-state index contributed by atoms with van der Waals surface area (Å²) in [5.41, 5.74) is 0.922. The Morgan fingerprint density at radius 3 is 2.56 bits per heavy atom. The van der Waals surface area contributed by atoms with Crippen LogP contribution < -0.4 is 14.8 Å². The fourth-order valence-corrected chi connectivity index (χ4v) is 3.07. The van der Waals surface area contributed by atoms with E-state index in [0.717, 1.165) is 5.56 Å². The van der Waals surface area contributed by atoms with E-state index in [1.54, 1.807) is 12.1 Å². The van der Waals surface area contributed by atoms with Crippen molar-refractivity contribution < 1.29 is 32.2 Å². The third-order valence-electron chi connectivity index (χ3n) is 4.48. The van der Waals surface area contributed by atoms with Crippen LogP contribution in [0.1, 0.15) is 18.4 Å². The van der Waals surface area contributed by atoms with Crippen molar-refractivity contribution in [1.82, 2.24) is 10.2 Å². The van der Waals surface area contributed by atoms with Gasteiger partial charge >= 0.3 is 12.1 Å². The van der Waals surface area contributed by atoms with Crippen molar-refractivity contribution in [2.24, 2.45) is 5.92 Å². The molecule has 6 nitrogen and oxygen atoms in total. The second-order valence-corrected chi connectivity index (χ2v) is 6.32. The average Bonchev–Trinajstić information content (AvgIpc) is 2.66. The molecule has 1 saturated heterocycles. The van der Waals surface area contributed by atoms with E-state index in [4.69, 9.17) is 9.47 Å². The molecule has 150 valence electrons. The molecule has 0 aromatic heterocycles. The summed E-state index contributed by atoms with van der Waals surface area (Å²) in [5.74, 6) is -1.67. The van der Waals surface area contributed by atoms with Crippen LogP contribution in [-0.4, -0.2) is 56.7 Å². The van der Waals surface area contributed by atoms with Crippen molar-refractivity contribution in [2.75, 3.05) is 33.9 Å². The van der Waals surface area contributed by atoms with Gasteiger partial charge in [0.2, 0.25) is 5.91 Å². The van der Waals surface area contributed by atoms with E-state index in [1.165, 1.54) is 14.2 Å². The van der Waals surface area contributed by atoms with Gasteiger partial charge in [0.25, 0.3) is 0 Å². The number of carbonyl (C=O) groups excluding carboxylic acids is 2. The molecule has 1 aliphatic heterocycles. The number of halogens is 3. The van der Waals surface area contributed by atoms with E-state index in [-0.39, 0.29) is 19.0 Å². The van der Waals surface area contributed by atoms with Gasteiger partial charge in [-0.15, -0.1) is 0 Å². The van der Waals surface area contributed by atoms with Gasteiger partial charge in [-0.05, 0) is 37.0 Å². The first kappa shape index (κ1) is 20.9. The molecule has 0 aliphatic carbocycles. The molecule has 1 heterocycles. The first-order valence-corrected chi connectivity index (χ1v) is 8.61. The number of rotatable bonds is 6. The summed E-state index contributed by atoms with van der Waals surface area (Å²) in [4.78, 5) is 24.3. The smallest absolute Gasteiger partial charge is 0.471 e. The van der Waals surface area contributed by atoms with Crippen molar-refractivity contribution in [2.45, 2.75) is 25.4 Å². The summed E-state index contributed by atoms with van der Waals surface area (Å²) in [6, 6.07) is 5.41. The Hall–Kier alpha value is -2.45. The molecule has 0 radical (unpaired) electrons. The zero-order valence-electron chi connectivity index (χ0n) is 15.3. The second-order valence-electron chi connectivity index (χ2n) is 6.32. The van der Waals surface area contributed by atoms with Gasteiger partial charge in [0, 0.05) is 19.6 Å². The number of piperidine rings is 1. The highest BCUT2D eigenvalue weighted by Gasteiger charge is 2.44. The Balaban J connectivity index is 1.86. The molecule has 1 atom stereocenters. The molecule has 1 aliphatic rings. The van der Waals surface area contributed by atoms with Crippen LogP contribution in [-0.2, 0) is 16.0 Å². The van der Waals surface area contributed by atoms with Crippen LogP contribution in [0.25, 0.3) is 0 Å². The zero-order valence-corrected chi connectivity index (χ0v) is 15.3. The third kappa shape index (κ3) is 5.51. The quantitative estimate of drug-likeness (QED) is 0.811. The molecule has 0 spiro atoms. The predicted octanol–water partition coefficient (Wildman–Crippen LogP) is 2.16. The molecule has 1 unspecified atom stereocenters. The largest absolute Gasteiger partial charge is 0.493 e. The minimum atomic E-state index is -4.91. The third-order valence-corrected chi connectivity index (χ3v) is 4.48. The number of methoxy groups -OCH3 is 2. The van der Waals surface area contributed by atoms with E-state index in [1.807, 2.05) is 6.07 Å². The van der Waals surface area contributed by atoms with Gasteiger partial charge < -0.3 is 19.7 Å². The van der Waals surface area contributed by atoms with Crippen LogP contribution in [0, 0.1) is 5.92 Å². The fraction of sp³-hybridized carbons (Fsp3) is 0.556. The number of carbonyl (C=O) groups is 2. The zero-order chi connectivity index (χ0) is 20.0. The summed E-state index contributed by atoms with van der Waals surface area (Å²) in [6.07, 6.45) is -3.55. The van der Waals surface area contributed by atoms with E-state index < -0.39 is 18.0 Å². The number of benzene rings is 1. The van der Waals surface area contributed by atoms with Crippen LogP contribution in [0.3, 0.4) is 0 Å². The van der Waals surface area contributed by atoms with Crippen LogP contribution in [0.2, 0.25) is 0 Å². The number of nitrogens with one attached hydrogen (secondary N) is 1. The van der Waals surface area contributed by atoms with Gasteiger partial charge in [-0.25, -0.2) is 0 Å². The lowest BCUT2D eigenvalue weighted by Crippen LogP contribution is -2.49. The number of nitrogens with zero attached hydrogens (tertiary/aromatic N) is 1. The van der Waals surface area contributed by atoms with E-state index in [2.05, 4.69) is 5.32 Å². The number of hydrogen-bond donors (Lipinski definition) is 1. The molecule has 1 aromatic carbocycles. The number of ether oxygens (including phenoxy) is 2. The maximum atomic E-state index is 12.6. The molecule has 0 bridgehead atoms. The Morgan fingerprint density at radius 1 is 1.22 bits per heavy atom. The van der Waals surface area contributed by atoms with Gasteiger partial charge in [-0.1, -0.05) is 6.07 Å². The predicted molar refractivity (Wildman–Crippen MR) is 91.6 cm³/mol. The molecule has 27 heavy (non-hydrogen) atoms. The fourth-order valence-electron chi connectivity index (χ4n) is 3.07. The van der Waals surface area contributed by atoms with Gasteiger partial charge in [0.15, 0.2) is 11.5 Å². The summed E-state index contributed by atoms with van der Waals surface area (Å²) < 4.78 is 48.1. The minimum Gasteiger partial charge on any atom is -0.493 e. The molecule has 1 N–H and O–H groups in total. The van der Waals surface area contributed by atoms with Gasteiger partial charge in [-0.2, -0.15) is 13.2 Å². The maximum Gasteiger partial charge on any atom is 0.471 e. The van der Waals surface area contributed by atoms with Gasteiger partial charge in [-0.3, -0.25) is 9.59 Å². The molecule has 2 amide bonds.